The largest absolute Gasteiger partial charge is 0.286 e. The van der Waals surface area contributed by atoms with Crippen molar-refractivity contribution in [2.75, 3.05) is 0 Å². The maximum Gasteiger partial charge on any atom is 0.114 e. The topological polar surface area (TPSA) is 48.2 Å². The van der Waals surface area contributed by atoms with Gasteiger partial charge in [-0.05, 0) is 19.4 Å². The Morgan fingerprint density at radius 2 is 2.50 bits per heavy atom. The third kappa shape index (κ3) is 0.883. The highest BCUT2D eigenvalue weighted by Crippen LogP contribution is 2.23. The summed E-state index contributed by atoms with van der Waals surface area (Å²) >= 11 is 0. The SMILES string of the molecule is CC1=CNN=C[C@]1(C)C#N. The third-order valence-electron chi connectivity index (χ3n) is 1.73. The minimum Gasteiger partial charge on any atom is -0.286 e. The second-order valence-electron chi connectivity index (χ2n) is 2.53. The molecule has 0 radical (unpaired) electrons. The van der Waals surface area contributed by atoms with E-state index in [0.717, 1.165) is 5.57 Å². The Morgan fingerprint density at radius 1 is 1.80 bits per heavy atom. The Kier molecular flexibility index (Phi) is 1.46. The van der Waals surface area contributed by atoms with Crippen molar-refractivity contribution in [1.29, 1.82) is 5.26 Å². The first kappa shape index (κ1) is 6.81. The molecule has 3 nitrogen and oxygen atoms in total. The highest BCUT2D eigenvalue weighted by Gasteiger charge is 2.25. The van der Waals surface area contributed by atoms with Crippen molar-refractivity contribution in [3.63, 3.8) is 0 Å². The molecule has 10 heavy (non-hydrogen) atoms. The van der Waals surface area contributed by atoms with Gasteiger partial charge in [0, 0.05) is 12.4 Å². The molecule has 0 saturated heterocycles. The number of hydrogen-bond acceptors (Lipinski definition) is 3. The molecule has 0 saturated carbocycles. The summed E-state index contributed by atoms with van der Waals surface area (Å²) in [6, 6.07) is 2.17. The zero-order valence-corrected chi connectivity index (χ0v) is 6.05. The van der Waals surface area contributed by atoms with E-state index in [1.807, 2.05) is 13.8 Å². The van der Waals surface area contributed by atoms with Gasteiger partial charge in [-0.1, -0.05) is 0 Å². The molecule has 52 valence electrons. The lowest BCUT2D eigenvalue weighted by Gasteiger charge is -2.19. The first-order chi connectivity index (χ1) is 4.69. The summed E-state index contributed by atoms with van der Waals surface area (Å²) in [4.78, 5) is 0. The van der Waals surface area contributed by atoms with Crippen molar-refractivity contribution in [3.05, 3.63) is 11.8 Å². The van der Waals surface area contributed by atoms with Gasteiger partial charge in [-0.25, -0.2) is 0 Å². The first-order valence-corrected chi connectivity index (χ1v) is 3.07. The van der Waals surface area contributed by atoms with Crippen LogP contribution in [0, 0.1) is 16.7 Å². The van der Waals surface area contributed by atoms with E-state index in [0.29, 0.717) is 0 Å². The van der Waals surface area contributed by atoms with Gasteiger partial charge in [-0.15, -0.1) is 0 Å². The fourth-order valence-electron chi connectivity index (χ4n) is 0.669. The fraction of sp³-hybridized carbons (Fsp3) is 0.429. The molecule has 0 aromatic heterocycles. The predicted molar refractivity (Wildman–Crippen MR) is 39.1 cm³/mol. The summed E-state index contributed by atoms with van der Waals surface area (Å²) in [5.41, 5.74) is 3.16. The second-order valence-corrected chi connectivity index (χ2v) is 2.53. The molecule has 1 N–H and O–H groups in total. The average Bonchev–Trinajstić information content (AvgIpc) is 1.96. The predicted octanol–water partition coefficient (Wildman–Crippen LogP) is 1.01. The zero-order chi connectivity index (χ0) is 7.61. The lowest BCUT2D eigenvalue weighted by molar-refractivity contribution is 0.698. The van der Waals surface area contributed by atoms with E-state index in [2.05, 4.69) is 16.6 Å². The van der Waals surface area contributed by atoms with E-state index in [9.17, 15) is 0 Å². The van der Waals surface area contributed by atoms with Gasteiger partial charge >= 0.3 is 0 Å². The molecular weight excluding hydrogens is 126 g/mol. The molecule has 0 aromatic carbocycles. The van der Waals surface area contributed by atoms with Crippen LogP contribution in [0.3, 0.4) is 0 Å². The molecule has 0 fully saturated rings. The second kappa shape index (κ2) is 2.14. The summed E-state index contributed by atoms with van der Waals surface area (Å²) in [7, 11) is 0. The summed E-state index contributed by atoms with van der Waals surface area (Å²) < 4.78 is 0. The van der Waals surface area contributed by atoms with Crippen LogP contribution < -0.4 is 5.43 Å². The van der Waals surface area contributed by atoms with Gasteiger partial charge in [0.05, 0.1) is 6.07 Å². The molecule has 1 rings (SSSR count). The lowest BCUT2D eigenvalue weighted by Crippen LogP contribution is -2.23. The van der Waals surface area contributed by atoms with Crippen molar-refractivity contribution in [2.45, 2.75) is 13.8 Å². The van der Waals surface area contributed by atoms with Crippen LogP contribution in [0.25, 0.3) is 0 Å². The quantitative estimate of drug-likeness (QED) is 0.538. The van der Waals surface area contributed by atoms with Crippen LogP contribution in [0.4, 0.5) is 0 Å². The van der Waals surface area contributed by atoms with Crippen LogP contribution in [0.5, 0.6) is 0 Å². The monoisotopic (exact) mass is 135 g/mol. The van der Waals surface area contributed by atoms with Gasteiger partial charge in [0.25, 0.3) is 0 Å². The normalized spacial score (nSPS) is 30.3. The molecular formula is C7H9N3. The van der Waals surface area contributed by atoms with E-state index < -0.39 is 5.41 Å². The molecule has 1 aliphatic heterocycles. The number of hydrazone groups is 1. The van der Waals surface area contributed by atoms with Crippen molar-refractivity contribution >= 4 is 6.21 Å². The van der Waals surface area contributed by atoms with E-state index in [1.165, 1.54) is 0 Å². The third-order valence-corrected chi connectivity index (χ3v) is 1.73. The molecule has 3 heteroatoms. The summed E-state index contributed by atoms with van der Waals surface area (Å²) in [5, 5.41) is 12.5. The number of nitriles is 1. The van der Waals surface area contributed by atoms with Crippen LogP contribution in [0.1, 0.15) is 13.8 Å². The van der Waals surface area contributed by atoms with Crippen LogP contribution in [-0.2, 0) is 0 Å². The van der Waals surface area contributed by atoms with E-state index in [1.54, 1.807) is 12.4 Å². The summed E-state index contributed by atoms with van der Waals surface area (Å²) in [6.45, 7) is 3.74. The molecule has 0 amide bonds. The Bertz CT molecular complexity index is 234. The molecule has 1 atom stereocenters. The minimum absolute atomic E-state index is 0.509. The van der Waals surface area contributed by atoms with E-state index in [-0.39, 0.29) is 0 Å². The van der Waals surface area contributed by atoms with Crippen molar-refractivity contribution < 1.29 is 0 Å². The Balaban J connectivity index is 2.97. The van der Waals surface area contributed by atoms with Crippen molar-refractivity contribution in [3.8, 4) is 6.07 Å². The molecule has 0 spiro atoms. The van der Waals surface area contributed by atoms with E-state index >= 15 is 0 Å². The smallest absolute Gasteiger partial charge is 0.114 e. The number of nitrogens with zero attached hydrogens (tertiary/aromatic N) is 2. The number of nitrogens with one attached hydrogen (secondary N) is 1. The van der Waals surface area contributed by atoms with Crippen LogP contribution in [-0.4, -0.2) is 6.21 Å². The molecule has 0 aromatic rings. The molecule has 0 bridgehead atoms. The van der Waals surface area contributed by atoms with Crippen LogP contribution in [0.2, 0.25) is 0 Å². The van der Waals surface area contributed by atoms with Gasteiger partial charge < -0.3 is 0 Å². The Labute approximate surface area is 60.0 Å². The summed E-state index contributed by atoms with van der Waals surface area (Å²) in [6.07, 6.45) is 3.35. The lowest BCUT2D eigenvalue weighted by atomic mass is 9.86. The van der Waals surface area contributed by atoms with Crippen molar-refractivity contribution in [2.24, 2.45) is 10.5 Å². The molecule has 0 aliphatic carbocycles. The van der Waals surface area contributed by atoms with Gasteiger partial charge in [0.2, 0.25) is 0 Å². The average molecular weight is 135 g/mol. The highest BCUT2D eigenvalue weighted by atomic mass is 15.3. The number of hydrogen-bond donors (Lipinski definition) is 1. The number of rotatable bonds is 0. The summed E-state index contributed by atoms with van der Waals surface area (Å²) in [5.74, 6) is 0. The van der Waals surface area contributed by atoms with Gasteiger partial charge in [0.1, 0.15) is 5.41 Å². The van der Waals surface area contributed by atoms with Gasteiger partial charge in [-0.3, -0.25) is 5.43 Å². The first-order valence-electron chi connectivity index (χ1n) is 3.07. The number of allylic oxidation sites excluding steroid dienone is 1. The van der Waals surface area contributed by atoms with Crippen LogP contribution >= 0.6 is 0 Å². The minimum atomic E-state index is -0.509. The maximum absolute atomic E-state index is 8.71. The standard InChI is InChI=1S/C7H9N3/c1-6-3-9-10-5-7(6,2)4-8/h3,5,9H,1-2H3/t7-/m0/s1. The Morgan fingerprint density at radius 3 is 2.90 bits per heavy atom. The van der Waals surface area contributed by atoms with E-state index in [4.69, 9.17) is 5.26 Å². The van der Waals surface area contributed by atoms with Crippen molar-refractivity contribution in [1.82, 2.24) is 5.43 Å². The van der Waals surface area contributed by atoms with Gasteiger partial charge in [-0.2, -0.15) is 10.4 Å². The van der Waals surface area contributed by atoms with Crippen LogP contribution in [0.15, 0.2) is 16.9 Å². The zero-order valence-electron chi connectivity index (χ0n) is 6.05. The van der Waals surface area contributed by atoms with Gasteiger partial charge in [0.15, 0.2) is 0 Å². The fourth-order valence-corrected chi connectivity index (χ4v) is 0.669. The molecule has 0 unspecified atom stereocenters. The molecule has 1 heterocycles. The maximum atomic E-state index is 8.71. The highest BCUT2D eigenvalue weighted by molar-refractivity contribution is 5.74. The Hall–Kier alpha value is -1.30. The molecule has 1 aliphatic rings.